The highest BCUT2D eigenvalue weighted by atomic mass is 16.5. The van der Waals surface area contributed by atoms with Crippen LogP contribution in [0.25, 0.3) is 0 Å². The van der Waals surface area contributed by atoms with E-state index in [-0.39, 0.29) is 23.5 Å². The van der Waals surface area contributed by atoms with Crippen molar-refractivity contribution in [1.29, 1.82) is 0 Å². The van der Waals surface area contributed by atoms with Crippen molar-refractivity contribution in [1.82, 2.24) is 5.32 Å². The predicted molar refractivity (Wildman–Crippen MR) is 83.2 cm³/mol. The number of methoxy groups -OCH3 is 1. The molecule has 0 aliphatic carbocycles. The number of urea groups is 1. The van der Waals surface area contributed by atoms with E-state index in [0.29, 0.717) is 12.1 Å². The fourth-order valence-electron chi connectivity index (χ4n) is 1.87. The molecule has 0 saturated heterocycles. The Morgan fingerprint density at radius 1 is 1.19 bits per heavy atom. The highest BCUT2D eigenvalue weighted by molar-refractivity contribution is 5.89. The first-order chi connectivity index (χ1) is 9.71. The third-order valence-electron chi connectivity index (χ3n) is 2.85. The molecule has 5 heteroatoms. The average Bonchev–Trinajstić information content (AvgIpc) is 2.37. The van der Waals surface area contributed by atoms with Gasteiger partial charge in [-0.3, -0.25) is 4.79 Å². The van der Waals surface area contributed by atoms with Crippen molar-refractivity contribution in [2.24, 2.45) is 5.92 Å². The van der Waals surface area contributed by atoms with Crippen LogP contribution in [0.2, 0.25) is 0 Å². The summed E-state index contributed by atoms with van der Waals surface area (Å²) in [6.07, 6.45) is 0.612. The summed E-state index contributed by atoms with van der Waals surface area (Å²) in [4.78, 5) is 23.1. The first-order valence-corrected chi connectivity index (χ1v) is 6.97. The monoisotopic (exact) mass is 292 g/mol. The fraction of sp³-hybridized carbons (Fsp3) is 0.500. The molecule has 0 aliphatic heterocycles. The Bertz CT molecular complexity index is 489. The van der Waals surface area contributed by atoms with E-state index in [1.54, 1.807) is 0 Å². The summed E-state index contributed by atoms with van der Waals surface area (Å²) in [6, 6.07) is 7.19. The molecule has 1 aromatic rings. The minimum atomic E-state index is -0.278. The molecule has 0 radical (unpaired) electrons. The molecule has 0 bridgehead atoms. The molecule has 0 spiro atoms. The maximum Gasteiger partial charge on any atom is 0.319 e. The van der Waals surface area contributed by atoms with E-state index in [9.17, 15) is 9.59 Å². The maximum absolute atomic E-state index is 11.7. The third-order valence-corrected chi connectivity index (χ3v) is 2.85. The summed E-state index contributed by atoms with van der Waals surface area (Å²) < 4.78 is 4.70. The topological polar surface area (TPSA) is 67.4 Å². The van der Waals surface area contributed by atoms with Gasteiger partial charge in [-0.25, -0.2) is 4.79 Å². The summed E-state index contributed by atoms with van der Waals surface area (Å²) in [6.45, 7) is 7.59. The Kier molecular flexibility index (Phi) is 5.76. The minimum Gasteiger partial charge on any atom is -0.469 e. The molecule has 5 nitrogen and oxygen atoms in total. The molecule has 1 aromatic carbocycles. The van der Waals surface area contributed by atoms with E-state index in [4.69, 9.17) is 4.74 Å². The zero-order valence-corrected chi connectivity index (χ0v) is 13.3. The summed E-state index contributed by atoms with van der Waals surface area (Å²) in [5.41, 5.74) is 1.46. The van der Waals surface area contributed by atoms with Crippen molar-refractivity contribution in [2.75, 3.05) is 12.4 Å². The van der Waals surface area contributed by atoms with Crippen LogP contribution in [0.5, 0.6) is 0 Å². The minimum absolute atomic E-state index is 0.182. The van der Waals surface area contributed by atoms with E-state index in [2.05, 4.69) is 10.6 Å². The Hall–Kier alpha value is -2.04. The molecule has 21 heavy (non-hydrogen) atoms. The maximum atomic E-state index is 11.7. The van der Waals surface area contributed by atoms with Gasteiger partial charge in [-0.05, 0) is 44.9 Å². The van der Waals surface area contributed by atoms with Crippen LogP contribution in [0.4, 0.5) is 10.5 Å². The van der Waals surface area contributed by atoms with Gasteiger partial charge in [0, 0.05) is 11.2 Å². The molecule has 2 amide bonds. The molecular weight excluding hydrogens is 268 g/mol. The van der Waals surface area contributed by atoms with Crippen LogP contribution in [-0.4, -0.2) is 24.6 Å². The molecule has 0 aliphatic rings. The van der Waals surface area contributed by atoms with Crippen LogP contribution in [0, 0.1) is 5.92 Å². The Morgan fingerprint density at radius 2 is 1.76 bits per heavy atom. The van der Waals surface area contributed by atoms with E-state index in [1.807, 2.05) is 52.0 Å². The lowest BCUT2D eigenvalue weighted by Crippen LogP contribution is -2.43. The Morgan fingerprint density at radius 3 is 2.24 bits per heavy atom. The second-order valence-corrected chi connectivity index (χ2v) is 6.15. The van der Waals surface area contributed by atoms with Gasteiger partial charge in [-0.15, -0.1) is 0 Å². The normalized spacial score (nSPS) is 12.4. The summed E-state index contributed by atoms with van der Waals surface area (Å²) >= 11 is 0. The fourth-order valence-corrected chi connectivity index (χ4v) is 1.87. The quantitative estimate of drug-likeness (QED) is 0.838. The molecule has 0 heterocycles. The van der Waals surface area contributed by atoms with Crippen LogP contribution in [-0.2, 0) is 16.0 Å². The molecule has 1 rings (SSSR count). The van der Waals surface area contributed by atoms with Crippen molar-refractivity contribution in [3.05, 3.63) is 29.8 Å². The third kappa shape index (κ3) is 6.29. The molecule has 0 saturated carbocycles. The number of esters is 1. The number of hydrogen-bond donors (Lipinski definition) is 2. The van der Waals surface area contributed by atoms with Gasteiger partial charge in [0.05, 0.1) is 13.0 Å². The summed E-state index contributed by atoms with van der Waals surface area (Å²) in [5.74, 6) is -0.403. The number of nitrogens with one attached hydrogen (secondary N) is 2. The zero-order chi connectivity index (χ0) is 16.0. The summed E-state index contributed by atoms with van der Waals surface area (Å²) in [7, 11) is 1.39. The van der Waals surface area contributed by atoms with Crippen LogP contribution in [0.1, 0.15) is 33.3 Å². The molecule has 0 unspecified atom stereocenters. The van der Waals surface area contributed by atoms with E-state index >= 15 is 0 Å². The number of hydrogen-bond acceptors (Lipinski definition) is 3. The second kappa shape index (κ2) is 7.11. The van der Waals surface area contributed by atoms with Crippen LogP contribution >= 0.6 is 0 Å². The highest BCUT2D eigenvalue weighted by Crippen LogP contribution is 2.14. The molecule has 0 aromatic heterocycles. The van der Waals surface area contributed by atoms with Gasteiger partial charge in [0.2, 0.25) is 0 Å². The Balaban J connectivity index is 2.58. The number of carbonyl (C=O) groups is 2. The average molecular weight is 292 g/mol. The number of carbonyl (C=O) groups excluding carboxylic acids is 2. The van der Waals surface area contributed by atoms with Gasteiger partial charge in [0.1, 0.15) is 0 Å². The van der Waals surface area contributed by atoms with Gasteiger partial charge >= 0.3 is 12.0 Å². The predicted octanol–water partition coefficient (Wildman–Crippen LogP) is 2.96. The van der Waals surface area contributed by atoms with Gasteiger partial charge in [0.25, 0.3) is 0 Å². The van der Waals surface area contributed by atoms with Gasteiger partial charge in [-0.2, -0.15) is 0 Å². The number of benzene rings is 1. The van der Waals surface area contributed by atoms with E-state index in [1.165, 1.54) is 7.11 Å². The lowest BCUT2D eigenvalue weighted by Gasteiger charge is -2.20. The molecular formula is C16H24N2O3. The van der Waals surface area contributed by atoms with Crippen molar-refractivity contribution < 1.29 is 14.3 Å². The molecule has 2 N–H and O–H groups in total. The first kappa shape index (κ1) is 17.0. The van der Waals surface area contributed by atoms with Crippen molar-refractivity contribution in [2.45, 2.75) is 39.7 Å². The molecule has 0 fully saturated rings. The zero-order valence-electron chi connectivity index (χ0n) is 13.3. The number of ether oxygens (including phenoxy) is 1. The van der Waals surface area contributed by atoms with Crippen LogP contribution in [0.3, 0.4) is 0 Å². The van der Waals surface area contributed by atoms with Gasteiger partial charge in [0.15, 0.2) is 0 Å². The highest BCUT2D eigenvalue weighted by Gasteiger charge is 2.15. The number of amides is 2. The molecule has 116 valence electrons. The second-order valence-electron chi connectivity index (χ2n) is 6.15. The van der Waals surface area contributed by atoms with Crippen LogP contribution in [0.15, 0.2) is 24.3 Å². The number of rotatable bonds is 4. The first-order valence-electron chi connectivity index (χ1n) is 6.97. The smallest absolute Gasteiger partial charge is 0.319 e. The Labute approximate surface area is 126 Å². The van der Waals surface area contributed by atoms with Crippen molar-refractivity contribution in [3.63, 3.8) is 0 Å². The summed E-state index contributed by atoms with van der Waals surface area (Å²) in [5, 5.41) is 5.60. The lowest BCUT2D eigenvalue weighted by molar-refractivity contribution is -0.144. The van der Waals surface area contributed by atoms with Crippen molar-refractivity contribution in [3.8, 4) is 0 Å². The standard InChI is InChI=1S/C16H24N2O3/c1-11(14(19)21-5)10-12-6-8-13(9-7-12)17-15(20)18-16(2,3)4/h6-9,11H,10H2,1-5H3,(H2,17,18,20)/t11-/m1/s1. The van der Waals surface area contributed by atoms with Crippen molar-refractivity contribution >= 4 is 17.7 Å². The van der Waals surface area contributed by atoms with E-state index in [0.717, 1.165) is 5.56 Å². The largest absolute Gasteiger partial charge is 0.469 e. The van der Waals surface area contributed by atoms with Gasteiger partial charge in [-0.1, -0.05) is 19.1 Å². The lowest BCUT2D eigenvalue weighted by atomic mass is 10.0. The van der Waals surface area contributed by atoms with Crippen LogP contribution < -0.4 is 10.6 Å². The molecule has 1 atom stereocenters. The van der Waals surface area contributed by atoms with Gasteiger partial charge < -0.3 is 15.4 Å². The van der Waals surface area contributed by atoms with E-state index < -0.39 is 0 Å². The SMILES string of the molecule is COC(=O)[C@H](C)Cc1ccc(NC(=O)NC(C)(C)C)cc1. The number of anilines is 1.